The molecule has 9 nitrogen and oxygen atoms in total. The third-order valence-corrected chi connectivity index (χ3v) is 7.04. The molecule has 1 aromatic heterocycles. The van der Waals surface area contributed by atoms with Crippen molar-refractivity contribution in [3.63, 3.8) is 0 Å². The molecule has 2 bridgehead atoms. The summed E-state index contributed by atoms with van der Waals surface area (Å²) in [4.78, 5) is 45.2. The Kier molecular flexibility index (Phi) is 8.30. The molecule has 1 fully saturated rings. The molecule has 4 N–H and O–H groups in total. The number of imidazole rings is 1. The van der Waals surface area contributed by atoms with Crippen LogP contribution in [0.2, 0.25) is 5.15 Å². The molecule has 3 amide bonds. The number of carbonyl (C=O) groups is 3. The molecule has 2 heterocycles. The Morgan fingerprint density at radius 1 is 1.17 bits per heavy atom. The van der Waals surface area contributed by atoms with Gasteiger partial charge in [0.15, 0.2) is 0 Å². The van der Waals surface area contributed by atoms with Gasteiger partial charge in [-0.25, -0.2) is 9.78 Å². The molecule has 36 heavy (non-hydrogen) atoms. The number of benzene rings is 1. The molecule has 10 heteroatoms. The summed E-state index contributed by atoms with van der Waals surface area (Å²) >= 11 is 6.58. The van der Waals surface area contributed by atoms with Gasteiger partial charge < -0.3 is 20.4 Å². The maximum atomic E-state index is 13.1. The number of amides is 3. The third kappa shape index (κ3) is 6.26. The van der Waals surface area contributed by atoms with Gasteiger partial charge in [-0.1, -0.05) is 30.7 Å². The molecule has 0 spiro atoms. The van der Waals surface area contributed by atoms with Gasteiger partial charge in [0.2, 0.25) is 11.8 Å². The molecular formula is C26H32ClN5O4. The van der Waals surface area contributed by atoms with Gasteiger partial charge in [0.05, 0.1) is 18.8 Å². The number of hydrogen-bond acceptors (Lipinski definition) is 5. The lowest BCUT2D eigenvalue weighted by Gasteiger charge is -2.27. The second-order valence-electron chi connectivity index (χ2n) is 9.47. The second-order valence-corrected chi connectivity index (χ2v) is 9.85. The molecule has 1 aliphatic heterocycles. The van der Waals surface area contributed by atoms with Crippen LogP contribution in [-0.4, -0.2) is 35.0 Å². The number of carbonyl (C=O) groups excluding carboxylic acids is 3. The first-order valence-corrected chi connectivity index (χ1v) is 12.7. The largest absolute Gasteiger partial charge is 0.453 e. The van der Waals surface area contributed by atoms with Crippen molar-refractivity contribution in [2.45, 2.75) is 57.9 Å². The van der Waals surface area contributed by atoms with Gasteiger partial charge in [-0.05, 0) is 62.6 Å². The first-order chi connectivity index (χ1) is 17.3. The standard InChI is InChI=1S/C26H32ClN5O4/c1-15-8-10-16(11-9-15)25(34)30-19-6-4-3-5-7-21(33)29-20-14-17(28-26(35)36-2)12-13-18(20)22-23(27)32-24(19)31-22/h3-4,12-16,19H,5-11H2,1-2H3,(H,28,35)(H,29,33)(H,30,34)(H,31,32)/b4-3+/t15?,16?,19-/m0/s1. The number of methoxy groups -OCH3 is 1. The van der Waals surface area contributed by atoms with Crippen LogP contribution in [0.1, 0.15) is 63.7 Å². The van der Waals surface area contributed by atoms with Crippen molar-refractivity contribution in [1.29, 1.82) is 0 Å². The highest BCUT2D eigenvalue weighted by atomic mass is 35.5. The molecule has 0 saturated heterocycles. The Balaban J connectivity index is 1.66. The maximum Gasteiger partial charge on any atom is 0.411 e. The number of hydrogen-bond donors (Lipinski definition) is 4. The lowest BCUT2D eigenvalue weighted by molar-refractivity contribution is -0.127. The van der Waals surface area contributed by atoms with E-state index in [1.165, 1.54) is 7.11 Å². The molecule has 0 radical (unpaired) electrons. The van der Waals surface area contributed by atoms with E-state index in [9.17, 15) is 14.4 Å². The van der Waals surface area contributed by atoms with E-state index in [1.54, 1.807) is 18.2 Å². The normalized spacial score (nSPS) is 23.1. The van der Waals surface area contributed by atoms with Crippen LogP contribution in [0.15, 0.2) is 30.4 Å². The minimum atomic E-state index is -0.623. The zero-order chi connectivity index (χ0) is 25.7. The maximum absolute atomic E-state index is 13.1. The predicted molar refractivity (Wildman–Crippen MR) is 139 cm³/mol. The molecule has 1 aliphatic carbocycles. The molecule has 1 saturated carbocycles. The first kappa shape index (κ1) is 25.8. The Morgan fingerprint density at radius 3 is 2.69 bits per heavy atom. The number of allylic oxidation sites excluding steroid dienone is 1. The second kappa shape index (κ2) is 11.6. The van der Waals surface area contributed by atoms with Crippen molar-refractivity contribution in [3.05, 3.63) is 41.3 Å². The fourth-order valence-electron chi connectivity index (χ4n) is 4.64. The number of fused-ring (bicyclic) bond motifs is 4. The first-order valence-electron chi connectivity index (χ1n) is 12.3. The quantitative estimate of drug-likeness (QED) is 0.399. The summed E-state index contributed by atoms with van der Waals surface area (Å²) in [5.41, 5.74) is 1.93. The van der Waals surface area contributed by atoms with Crippen LogP contribution < -0.4 is 16.0 Å². The average Bonchev–Trinajstić information content (AvgIpc) is 3.24. The fourth-order valence-corrected chi connectivity index (χ4v) is 4.88. The van der Waals surface area contributed by atoms with Crippen LogP contribution in [0.3, 0.4) is 0 Å². The molecule has 1 aromatic carbocycles. The number of H-pyrrole nitrogens is 1. The minimum Gasteiger partial charge on any atom is -0.453 e. The topological polar surface area (TPSA) is 125 Å². The van der Waals surface area contributed by atoms with Crippen LogP contribution in [-0.2, 0) is 14.3 Å². The lowest BCUT2D eigenvalue weighted by atomic mass is 9.82. The van der Waals surface area contributed by atoms with Crippen LogP contribution in [0.25, 0.3) is 11.3 Å². The molecule has 2 aliphatic rings. The van der Waals surface area contributed by atoms with E-state index in [4.69, 9.17) is 16.6 Å². The van der Waals surface area contributed by atoms with E-state index >= 15 is 0 Å². The van der Waals surface area contributed by atoms with Gasteiger partial charge in [-0.3, -0.25) is 14.9 Å². The van der Waals surface area contributed by atoms with Gasteiger partial charge in [-0.15, -0.1) is 0 Å². The lowest BCUT2D eigenvalue weighted by Crippen LogP contribution is -2.36. The Bertz CT molecular complexity index is 1150. The van der Waals surface area contributed by atoms with E-state index in [1.807, 2.05) is 12.2 Å². The van der Waals surface area contributed by atoms with E-state index < -0.39 is 6.09 Å². The summed E-state index contributed by atoms with van der Waals surface area (Å²) < 4.78 is 4.66. The zero-order valence-corrected chi connectivity index (χ0v) is 21.3. The van der Waals surface area contributed by atoms with Gasteiger partial charge in [-0.2, -0.15) is 0 Å². The van der Waals surface area contributed by atoms with E-state index in [0.29, 0.717) is 52.4 Å². The highest BCUT2D eigenvalue weighted by Gasteiger charge is 2.28. The summed E-state index contributed by atoms with van der Waals surface area (Å²) in [7, 11) is 1.27. The van der Waals surface area contributed by atoms with Crippen LogP contribution in [0, 0.1) is 11.8 Å². The zero-order valence-electron chi connectivity index (χ0n) is 20.5. The summed E-state index contributed by atoms with van der Waals surface area (Å²) in [5, 5.41) is 8.97. The Morgan fingerprint density at radius 2 is 1.94 bits per heavy atom. The van der Waals surface area contributed by atoms with Crippen LogP contribution >= 0.6 is 11.6 Å². The number of aromatic amines is 1. The minimum absolute atomic E-state index is 0.00273. The fraction of sp³-hybridized carbons (Fsp3) is 0.462. The van der Waals surface area contributed by atoms with Gasteiger partial charge in [0, 0.05) is 23.6 Å². The monoisotopic (exact) mass is 513 g/mol. The van der Waals surface area contributed by atoms with Gasteiger partial charge >= 0.3 is 6.09 Å². The smallest absolute Gasteiger partial charge is 0.411 e. The summed E-state index contributed by atoms with van der Waals surface area (Å²) in [6.45, 7) is 2.23. The highest BCUT2D eigenvalue weighted by Crippen LogP contribution is 2.36. The molecule has 1 atom stereocenters. The third-order valence-electron chi connectivity index (χ3n) is 6.77. The number of nitrogens with one attached hydrogen (secondary N) is 4. The summed E-state index contributed by atoms with van der Waals surface area (Å²) in [6.07, 6.45) is 8.52. The predicted octanol–water partition coefficient (Wildman–Crippen LogP) is 5.57. The molecule has 192 valence electrons. The van der Waals surface area contributed by atoms with E-state index in [2.05, 4.69) is 32.6 Å². The number of anilines is 2. The van der Waals surface area contributed by atoms with Gasteiger partial charge in [0.25, 0.3) is 0 Å². The number of aromatic nitrogens is 2. The van der Waals surface area contributed by atoms with Crippen molar-refractivity contribution < 1.29 is 19.1 Å². The van der Waals surface area contributed by atoms with Crippen LogP contribution in [0.5, 0.6) is 0 Å². The Hall–Kier alpha value is -3.33. The SMILES string of the molecule is COC(=O)Nc1ccc2c(c1)NC(=O)CC/C=C/C[C@H](NC(=O)C1CCC(C)CC1)c1nc-2c(Cl)[nH]1. The average molecular weight is 514 g/mol. The highest BCUT2D eigenvalue weighted by molar-refractivity contribution is 6.32. The Labute approximate surface area is 215 Å². The van der Waals surface area contributed by atoms with Crippen molar-refractivity contribution in [1.82, 2.24) is 15.3 Å². The summed E-state index contributed by atoms with van der Waals surface area (Å²) in [6, 6.07) is 4.65. The number of nitrogens with zero attached hydrogens (tertiary/aromatic N) is 1. The van der Waals surface area contributed by atoms with Gasteiger partial charge in [0.1, 0.15) is 16.7 Å². The van der Waals surface area contributed by atoms with Crippen molar-refractivity contribution >= 4 is 40.9 Å². The van der Waals surface area contributed by atoms with E-state index in [0.717, 1.165) is 25.7 Å². The van der Waals surface area contributed by atoms with Crippen molar-refractivity contribution in [3.8, 4) is 11.3 Å². The van der Waals surface area contributed by atoms with Crippen molar-refractivity contribution in [2.75, 3.05) is 17.7 Å². The molecule has 0 unspecified atom stereocenters. The molecular weight excluding hydrogens is 482 g/mol. The molecule has 2 aromatic rings. The summed E-state index contributed by atoms with van der Waals surface area (Å²) in [5.74, 6) is 1.06. The number of rotatable bonds is 3. The number of ether oxygens (including phenoxy) is 1. The van der Waals surface area contributed by atoms with Crippen LogP contribution in [0.4, 0.5) is 16.2 Å². The number of halogens is 1. The molecule has 4 rings (SSSR count). The van der Waals surface area contributed by atoms with E-state index in [-0.39, 0.29) is 30.2 Å². The van der Waals surface area contributed by atoms with Crippen molar-refractivity contribution in [2.24, 2.45) is 11.8 Å².